The van der Waals surface area contributed by atoms with E-state index in [2.05, 4.69) is 56.4 Å². The van der Waals surface area contributed by atoms with Crippen molar-refractivity contribution in [1.29, 1.82) is 0 Å². The van der Waals surface area contributed by atoms with Crippen molar-refractivity contribution in [3.63, 3.8) is 0 Å². The van der Waals surface area contributed by atoms with Gasteiger partial charge in [-0.1, -0.05) is 30.7 Å². The highest BCUT2D eigenvalue weighted by molar-refractivity contribution is 7.11. The number of hydrogen-bond acceptors (Lipinski definition) is 2. The van der Waals surface area contributed by atoms with Crippen molar-refractivity contribution in [2.75, 3.05) is 0 Å². The van der Waals surface area contributed by atoms with Gasteiger partial charge in [0.1, 0.15) is 0 Å². The van der Waals surface area contributed by atoms with E-state index in [-0.39, 0.29) is 0 Å². The Balaban J connectivity index is 1.88. The molecule has 0 aliphatic carbocycles. The van der Waals surface area contributed by atoms with Gasteiger partial charge in [-0.15, -0.1) is 11.3 Å². The molecule has 0 fully saturated rings. The lowest BCUT2D eigenvalue weighted by molar-refractivity contribution is 0.698. The van der Waals surface area contributed by atoms with Crippen LogP contribution in [0.1, 0.15) is 33.4 Å². The molecule has 1 nitrogen and oxygen atoms in total. The maximum atomic E-state index is 3.53. The third-order valence-electron chi connectivity index (χ3n) is 3.18. The van der Waals surface area contributed by atoms with Gasteiger partial charge in [-0.2, -0.15) is 0 Å². The summed E-state index contributed by atoms with van der Waals surface area (Å²) in [5.74, 6) is 0. The highest BCUT2D eigenvalue weighted by Crippen LogP contribution is 2.17. The van der Waals surface area contributed by atoms with Gasteiger partial charge in [0.05, 0.1) is 0 Å². The molecule has 2 rings (SSSR count). The van der Waals surface area contributed by atoms with Gasteiger partial charge in [-0.3, -0.25) is 0 Å². The Kier molecular flexibility index (Phi) is 4.56. The first-order valence-electron chi connectivity index (χ1n) is 6.53. The fraction of sp³-hybridized carbons (Fsp3) is 0.375. The smallest absolute Gasteiger partial charge is 0.0303 e. The molecule has 0 spiro atoms. The molecular weight excluding hydrogens is 238 g/mol. The Hall–Kier alpha value is -1.12. The van der Waals surface area contributed by atoms with Gasteiger partial charge in [0.25, 0.3) is 0 Å². The van der Waals surface area contributed by atoms with Crippen LogP contribution in [-0.4, -0.2) is 0 Å². The van der Waals surface area contributed by atoms with Gasteiger partial charge in [0, 0.05) is 22.8 Å². The molecule has 2 aromatic rings. The van der Waals surface area contributed by atoms with E-state index in [0.29, 0.717) is 0 Å². The largest absolute Gasteiger partial charge is 0.308 e. The number of hydrogen-bond donors (Lipinski definition) is 1. The molecular formula is C16H21NS. The zero-order valence-corrected chi connectivity index (χ0v) is 12.2. The highest BCUT2D eigenvalue weighted by Gasteiger charge is 2.00. The van der Waals surface area contributed by atoms with E-state index in [1.807, 2.05) is 11.3 Å². The first kappa shape index (κ1) is 13.3. The van der Waals surface area contributed by atoms with Crippen molar-refractivity contribution >= 4 is 11.3 Å². The monoisotopic (exact) mass is 259 g/mol. The van der Waals surface area contributed by atoms with E-state index in [4.69, 9.17) is 0 Å². The molecule has 0 saturated heterocycles. The van der Waals surface area contributed by atoms with Crippen LogP contribution in [0.5, 0.6) is 0 Å². The molecule has 1 N–H and O–H groups in total. The van der Waals surface area contributed by atoms with E-state index >= 15 is 0 Å². The van der Waals surface area contributed by atoms with Crippen LogP contribution in [0.2, 0.25) is 0 Å². The summed E-state index contributed by atoms with van der Waals surface area (Å²) >= 11 is 1.91. The average Bonchev–Trinajstić information content (AvgIpc) is 2.80. The van der Waals surface area contributed by atoms with Gasteiger partial charge in [-0.05, 0) is 43.5 Å². The second kappa shape index (κ2) is 6.17. The van der Waals surface area contributed by atoms with Gasteiger partial charge in [0.2, 0.25) is 0 Å². The van der Waals surface area contributed by atoms with Gasteiger partial charge >= 0.3 is 0 Å². The SMILES string of the molecule is CCc1ccc(CNCc2ccc(C)cc2C)s1. The van der Waals surface area contributed by atoms with Crippen molar-refractivity contribution in [2.45, 2.75) is 40.3 Å². The summed E-state index contributed by atoms with van der Waals surface area (Å²) in [5, 5.41) is 3.53. The lowest BCUT2D eigenvalue weighted by Gasteiger charge is -2.07. The predicted octanol–water partition coefficient (Wildman–Crippen LogP) is 4.22. The zero-order chi connectivity index (χ0) is 13.0. The number of benzene rings is 1. The summed E-state index contributed by atoms with van der Waals surface area (Å²) in [6, 6.07) is 11.1. The highest BCUT2D eigenvalue weighted by atomic mass is 32.1. The minimum absolute atomic E-state index is 0.950. The third-order valence-corrected chi connectivity index (χ3v) is 4.41. The van der Waals surface area contributed by atoms with Crippen LogP contribution >= 0.6 is 11.3 Å². The lowest BCUT2D eigenvalue weighted by atomic mass is 10.1. The van der Waals surface area contributed by atoms with Gasteiger partial charge in [-0.25, -0.2) is 0 Å². The Labute approximate surface area is 114 Å². The van der Waals surface area contributed by atoms with Crippen LogP contribution in [0.4, 0.5) is 0 Å². The van der Waals surface area contributed by atoms with Crippen LogP contribution in [0, 0.1) is 13.8 Å². The summed E-state index contributed by atoms with van der Waals surface area (Å²) in [5.41, 5.74) is 4.11. The maximum absolute atomic E-state index is 3.53. The summed E-state index contributed by atoms with van der Waals surface area (Å²) in [7, 11) is 0. The molecule has 18 heavy (non-hydrogen) atoms. The van der Waals surface area contributed by atoms with Gasteiger partial charge in [0.15, 0.2) is 0 Å². The maximum Gasteiger partial charge on any atom is 0.0303 e. The molecule has 0 amide bonds. The van der Waals surface area contributed by atoms with Crippen molar-refractivity contribution < 1.29 is 0 Å². The molecule has 0 saturated carbocycles. The molecule has 0 atom stereocenters. The van der Waals surface area contributed by atoms with Gasteiger partial charge < -0.3 is 5.32 Å². The van der Waals surface area contributed by atoms with Crippen LogP contribution in [0.25, 0.3) is 0 Å². The van der Waals surface area contributed by atoms with Crippen molar-refractivity contribution in [3.05, 3.63) is 56.8 Å². The quantitative estimate of drug-likeness (QED) is 0.848. The fourth-order valence-electron chi connectivity index (χ4n) is 2.07. The number of nitrogens with one attached hydrogen (secondary N) is 1. The molecule has 1 aromatic heterocycles. The lowest BCUT2D eigenvalue weighted by Crippen LogP contribution is -2.12. The number of rotatable bonds is 5. The number of thiophene rings is 1. The topological polar surface area (TPSA) is 12.0 Å². The average molecular weight is 259 g/mol. The van der Waals surface area contributed by atoms with Crippen molar-refractivity contribution in [2.24, 2.45) is 0 Å². The fourth-order valence-corrected chi connectivity index (χ4v) is 3.00. The third kappa shape index (κ3) is 3.44. The Morgan fingerprint density at radius 2 is 1.78 bits per heavy atom. The molecule has 0 bridgehead atoms. The zero-order valence-electron chi connectivity index (χ0n) is 11.4. The first-order chi connectivity index (χ1) is 8.69. The number of aryl methyl sites for hydroxylation is 3. The predicted molar refractivity (Wildman–Crippen MR) is 80.2 cm³/mol. The molecule has 1 heterocycles. The van der Waals surface area contributed by atoms with Crippen LogP contribution in [0.15, 0.2) is 30.3 Å². The molecule has 96 valence electrons. The minimum atomic E-state index is 0.950. The van der Waals surface area contributed by atoms with Crippen LogP contribution < -0.4 is 5.32 Å². The second-order valence-electron chi connectivity index (χ2n) is 4.76. The Morgan fingerprint density at radius 3 is 2.44 bits per heavy atom. The minimum Gasteiger partial charge on any atom is -0.308 e. The van der Waals surface area contributed by atoms with E-state index in [9.17, 15) is 0 Å². The molecule has 1 aromatic carbocycles. The summed E-state index contributed by atoms with van der Waals surface area (Å²) in [6.45, 7) is 8.45. The summed E-state index contributed by atoms with van der Waals surface area (Å²) in [6.07, 6.45) is 1.14. The molecule has 0 unspecified atom stereocenters. The van der Waals surface area contributed by atoms with Crippen molar-refractivity contribution in [3.8, 4) is 0 Å². The summed E-state index contributed by atoms with van der Waals surface area (Å²) < 4.78 is 0. The molecule has 0 aliphatic rings. The molecule has 0 aliphatic heterocycles. The van der Waals surface area contributed by atoms with E-state index in [1.165, 1.54) is 26.4 Å². The standard InChI is InChI=1S/C16H21NS/c1-4-15-7-8-16(18-15)11-17-10-14-6-5-12(2)9-13(14)3/h5-9,17H,4,10-11H2,1-3H3. The molecule has 2 heteroatoms. The van der Waals surface area contributed by atoms with Crippen LogP contribution in [-0.2, 0) is 19.5 Å². The Morgan fingerprint density at radius 1 is 1.00 bits per heavy atom. The summed E-state index contributed by atoms with van der Waals surface area (Å²) in [4.78, 5) is 2.90. The Bertz CT molecular complexity index is 514. The van der Waals surface area contributed by atoms with E-state index in [1.54, 1.807) is 0 Å². The van der Waals surface area contributed by atoms with E-state index < -0.39 is 0 Å². The molecule has 0 radical (unpaired) electrons. The normalized spacial score (nSPS) is 10.8. The van der Waals surface area contributed by atoms with Crippen LogP contribution in [0.3, 0.4) is 0 Å². The van der Waals surface area contributed by atoms with Crippen molar-refractivity contribution in [1.82, 2.24) is 5.32 Å². The van der Waals surface area contributed by atoms with E-state index in [0.717, 1.165) is 19.5 Å². The second-order valence-corrected chi connectivity index (χ2v) is 6.01. The first-order valence-corrected chi connectivity index (χ1v) is 7.35.